The predicted octanol–water partition coefficient (Wildman–Crippen LogP) is 0.538. The lowest BCUT2D eigenvalue weighted by molar-refractivity contribution is -0.138. The van der Waals surface area contributed by atoms with E-state index >= 15 is 0 Å². The molecule has 2 aliphatic heterocycles. The van der Waals surface area contributed by atoms with Crippen molar-refractivity contribution in [2.75, 3.05) is 39.3 Å². The Balaban J connectivity index is 1.67. The molecule has 0 aliphatic carbocycles. The monoisotopic (exact) mass is 289 g/mol. The molecule has 3 rings (SSSR count). The normalized spacial score (nSPS) is 26.6. The van der Waals surface area contributed by atoms with Crippen molar-refractivity contribution >= 4 is 5.91 Å². The average Bonchev–Trinajstić information content (AvgIpc) is 2.56. The van der Waals surface area contributed by atoms with Crippen LogP contribution in [0.25, 0.3) is 0 Å². The van der Waals surface area contributed by atoms with Gasteiger partial charge in [0.05, 0.1) is 25.2 Å². The fourth-order valence-corrected chi connectivity index (χ4v) is 3.04. The Labute approximate surface area is 125 Å². The van der Waals surface area contributed by atoms with Gasteiger partial charge in [-0.2, -0.15) is 0 Å². The van der Waals surface area contributed by atoms with Crippen LogP contribution >= 0.6 is 0 Å². The number of amides is 1. The molecule has 2 fully saturated rings. The minimum absolute atomic E-state index is 0.0116. The molecule has 1 aromatic rings. The van der Waals surface area contributed by atoms with Crippen LogP contribution in [0.1, 0.15) is 18.0 Å². The van der Waals surface area contributed by atoms with Crippen LogP contribution in [0.4, 0.5) is 0 Å². The molecular weight excluding hydrogens is 266 g/mol. The summed E-state index contributed by atoms with van der Waals surface area (Å²) in [6, 6.07) is 10.4. The molecule has 5 heteroatoms. The number of ether oxygens (including phenoxy) is 1. The minimum atomic E-state index is 0.0116. The van der Waals surface area contributed by atoms with Crippen LogP contribution in [0.15, 0.2) is 30.3 Å². The van der Waals surface area contributed by atoms with E-state index in [4.69, 9.17) is 4.74 Å². The Bertz CT molecular complexity index is 460. The first-order chi connectivity index (χ1) is 10.3. The third-order valence-electron chi connectivity index (χ3n) is 4.15. The molecule has 0 radical (unpaired) electrons. The van der Waals surface area contributed by atoms with Gasteiger partial charge in [0, 0.05) is 32.7 Å². The predicted molar refractivity (Wildman–Crippen MR) is 81.0 cm³/mol. The van der Waals surface area contributed by atoms with E-state index in [-0.39, 0.29) is 18.1 Å². The number of morpholine rings is 1. The minimum Gasteiger partial charge on any atom is -0.375 e. The first-order valence-corrected chi connectivity index (χ1v) is 7.72. The van der Waals surface area contributed by atoms with Gasteiger partial charge in [-0.25, -0.2) is 0 Å². The summed E-state index contributed by atoms with van der Waals surface area (Å²) in [5, 5.41) is 6.66. The standard InChI is InChI=1S/C16H23N3O2/c20-16(10-14-11-18-7-9-21-14)19-8-6-17-12-15(19)13-4-2-1-3-5-13/h1-5,14-15,17-18H,6-12H2. The summed E-state index contributed by atoms with van der Waals surface area (Å²) in [4.78, 5) is 14.6. The Morgan fingerprint density at radius 1 is 1.19 bits per heavy atom. The van der Waals surface area contributed by atoms with Crippen molar-refractivity contribution in [2.24, 2.45) is 0 Å². The van der Waals surface area contributed by atoms with Gasteiger partial charge >= 0.3 is 0 Å². The maximum Gasteiger partial charge on any atom is 0.225 e. The number of carbonyl (C=O) groups is 1. The van der Waals surface area contributed by atoms with E-state index in [9.17, 15) is 4.79 Å². The van der Waals surface area contributed by atoms with Gasteiger partial charge in [0.15, 0.2) is 0 Å². The van der Waals surface area contributed by atoms with Crippen LogP contribution in [-0.4, -0.2) is 56.2 Å². The van der Waals surface area contributed by atoms with Crippen LogP contribution in [0.3, 0.4) is 0 Å². The van der Waals surface area contributed by atoms with Crippen molar-refractivity contribution in [2.45, 2.75) is 18.6 Å². The number of rotatable bonds is 3. The summed E-state index contributed by atoms with van der Waals surface area (Å²) in [5.74, 6) is 0.194. The lowest BCUT2D eigenvalue weighted by Crippen LogP contribution is -2.50. The van der Waals surface area contributed by atoms with E-state index < -0.39 is 0 Å². The van der Waals surface area contributed by atoms with Crippen molar-refractivity contribution in [1.82, 2.24) is 15.5 Å². The van der Waals surface area contributed by atoms with Gasteiger partial charge in [0.1, 0.15) is 0 Å². The van der Waals surface area contributed by atoms with E-state index in [0.717, 1.165) is 32.7 Å². The summed E-state index contributed by atoms with van der Waals surface area (Å²) in [6.07, 6.45) is 0.480. The van der Waals surface area contributed by atoms with Gasteiger partial charge in [-0.15, -0.1) is 0 Å². The van der Waals surface area contributed by atoms with Crippen molar-refractivity contribution in [1.29, 1.82) is 0 Å². The Kier molecular flexibility index (Phi) is 4.85. The molecule has 0 saturated carbocycles. The van der Waals surface area contributed by atoms with Gasteiger partial charge in [-0.3, -0.25) is 4.79 Å². The van der Waals surface area contributed by atoms with Crippen LogP contribution in [0, 0.1) is 0 Å². The largest absolute Gasteiger partial charge is 0.375 e. The number of hydrogen-bond acceptors (Lipinski definition) is 4. The summed E-state index contributed by atoms with van der Waals surface area (Å²) in [7, 11) is 0. The topological polar surface area (TPSA) is 53.6 Å². The van der Waals surface area contributed by atoms with Gasteiger partial charge in [0.2, 0.25) is 5.91 Å². The second-order valence-corrected chi connectivity index (χ2v) is 5.62. The van der Waals surface area contributed by atoms with Crippen LogP contribution in [0.2, 0.25) is 0 Å². The molecule has 1 amide bonds. The Morgan fingerprint density at radius 3 is 2.76 bits per heavy atom. The zero-order valence-electron chi connectivity index (χ0n) is 12.3. The fraction of sp³-hybridized carbons (Fsp3) is 0.562. The smallest absolute Gasteiger partial charge is 0.225 e. The van der Waals surface area contributed by atoms with Gasteiger partial charge < -0.3 is 20.3 Å². The third kappa shape index (κ3) is 3.61. The number of benzene rings is 1. The fourth-order valence-electron chi connectivity index (χ4n) is 3.04. The second kappa shape index (κ2) is 7.02. The first-order valence-electron chi connectivity index (χ1n) is 7.72. The average molecular weight is 289 g/mol. The highest BCUT2D eigenvalue weighted by Crippen LogP contribution is 2.23. The lowest BCUT2D eigenvalue weighted by atomic mass is 10.0. The SMILES string of the molecule is O=C(CC1CNCCO1)N1CCNCC1c1ccccc1. The van der Waals surface area contributed by atoms with Gasteiger partial charge in [-0.05, 0) is 5.56 Å². The molecule has 0 spiro atoms. The van der Waals surface area contributed by atoms with Gasteiger partial charge in [0.25, 0.3) is 0 Å². The van der Waals surface area contributed by atoms with E-state index in [1.54, 1.807) is 0 Å². The molecule has 21 heavy (non-hydrogen) atoms. The molecular formula is C16H23N3O2. The molecule has 0 bridgehead atoms. The van der Waals surface area contributed by atoms with Crippen molar-refractivity contribution in [3.05, 3.63) is 35.9 Å². The zero-order chi connectivity index (χ0) is 14.5. The molecule has 5 nitrogen and oxygen atoms in total. The van der Waals surface area contributed by atoms with Crippen molar-refractivity contribution < 1.29 is 9.53 Å². The summed E-state index contributed by atoms with van der Waals surface area (Å²) >= 11 is 0. The van der Waals surface area contributed by atoms with E-state index in [0.29, 0.717) is 13.0 Å². The molecule has 2 atom stereocenters. The highest BCUT2D eigenvalue weighted by molar-refractivity contribution is 5.77. The molecule has 2 saturated heterocycles. The number of carbonyl (C=O) groups excluding carboxylic acids is 1. The maximum atomic E-state index is 12.6. The Hall–Kier alpha value is -1.43. The van der Waals surface area contributed by atoms with E-state index in [1.165, 1.54) is 5.56 Å². The number of piperazine rings is 1. The number of nitrogens with zero attached hydrogens (tertiary/aromatic N) is 1. The number of hydrogen-bond donors (Lipinski definition) is 2. The molecule has 0 aromatic heterocycles. The molecule has 2 aliphatic rings. The van der Waals surface area contributed by atoms with Crippen LogP contribution in [-0.2, 0) is 9.53 Å². The summed E-state index contributed by atoms with van der Waals surface area (Å²) < 4.78 is 5.65. The second-order valence-electron chi connectivity index (χ2n) is 5.62. The Morgan fingerprint density at radius 2 is 2.00 bits per heavy atom. The number of nitrogens with one attached hydrogen (secondary N) is 2. The van der Waals surface area contributed by atoms with Gasteiger partial charge in [-0.1, -0.05) is 30.3 Å². The van der Waals surface area contributed by atoms with E-state index in [2.05, 4.69) is 22.8 Å². The lowest BCUT2D eigenvalue weighted by Gasteiger charge is -2.37. The van der Waals surface area contributed by atoms with Crippen molar-refractivity contribution in [3.63, 3.8) is 0 Å². The highest BCUT2D eigenvalue weighted by atomic mass is 16.5. The van der Waals surface area contributed by atoms with Crippen LogP contribution < -0.4 is 10.6 Å². The molecule has 2 N–H and O–H groups in total. The molecule has 2 unspecified atom stereocenters. The third-order valence-corrected chi connectivity index (χ3v) is 4.15. The van der Waals surface area contributed by atoms with Crippen molar-refractivity contribution in [3.8, 4) is 0 Å². The summed E-state index contributed by atoms with van der Waals surface area (Å²) in [6.45, 7) is 4.79. The van der Waals surface area contributed by atoms with Crippen LogP contribution in [0.5, 0.6) is 0 Å². The molecule has 114 valence electrons. The highest BCUT2D eigenvalue weighted by Gasteiger charge is 2.29. The van der Waals surface area contributed by atoms with E-state index in [1.807, 2.05) is 23.1 Å². The zero-order valence-corrected chi connectivity index (χ0v) is 12.3. The first kappa shape index (κ1) is 14.5. The molecule has 1 aromatic carbocycles. The quantitative estimate of drug-likeness (QED) is 0.853. The summed E-state index contributed by atoms with van der Waals surface area (Å²) in [5.41, 5.74) is 1.20. The maximum absolute atomic E-state index is 12.6. The molecule has 2 heterocycles.